The highest BCUT2D eigenvalue weighted by molar-refractivity contribution is 8.01. The van der Waals surface area contributed by atoms with E-state index in [2.05, 4.69) is 34.3 Å². The van der Waals surface area contributed by atoms with Gasteiger partial charge in [-0.1, -0.05) is 49.1 Å². The summed E-state index contributed by atoms with van der Waals surface area (Å²) < 4.78 is 13.9. The summed E-state index contributed by atoms with van der Waals surface area (Å²) in [7, 11) is 0. The van der Waals surface area contributed by atoms with Gasteiger partial charge >= 0.3 is 0 Å². The number of carbonyl (C=O) groups excluding carboxylic acids is 1. The van der Waals surface area contributed by atoms with Crippen LogP contribution < -0.4 is 5.32 Å². The second kappa shape index (κ2) is 9.61. The molecule has 1 aromatic heterocycles. The molecule has 2 heterocycles. The van der Waals surface area contributed by atoms with E-state index in [0.29, 0.717) is 17.6 Å². The molecule has 1 fully saturated rings. The molecule has 0 spiro atoms. The first-order valence-electron chi connectivity index (χ1n) is 9.23. The lowest BCUT2D eigenvalue weighted by Gasteiger charge is -2.31. The van der Waals surface area contributed by atoms with Crippen molar-refractivity contribution in [1.29, 1.82) is 0 Å². The molecule has 1 aromatic carbocycles. The second-order valence-corrected chi connectivity index (χ2v) is 9.51. The average Bonchev–Trinajstić information content (AvgIpc) is 3.09. The number of hydrogen-bond donors (Lipinski definition) is 1. The molecule has 0 aliphatic carbocycles. The number of likely N-dealkylation sites (tertiary alicyclic amines) is 1. The average molecular weight is 409 g/mol. The van der Waals surface area contributed by atoms with E-state index in [1.54, 1.807) is 23.9 Å². The first-order chi connectivity index (χ1) is 13.0. The van der Waals surface area contributed by atoms with Crippen LogP contribution in [0.4, 0.5) is 9.52 Å². The normalized spacial score (nSPS) is 18.0. The number of aromatic nitrogens is 2. The fourth-order valence-electron chi connectivity index (χ4n) is 3.03. The van der Waals surface area contributed by atoms with E-state index >= 15 is 0 Å². The predicted octanol–water partition coefficient (Wildman–Crippen LogP) is 4.28. The minimum Gasteiger partial charge on any atom is -0.300 e. The molecule has 3 rings (SSSR count). The lowest BCUT2D eigenvalue weighted by molar-refractivity contribution is -0.121. The van der Waals surface area contributed by atoms with E-state index in [-0.39, 0.29) is 17.6 Å². The highest BCUT2D eigenvalue weighted by atomic mass is 32.2. The number of amides is 1. The summed E-state index contributed by atoms with van der Waals surface area (Å²) in [5, 5.41) is 11.7. The van der Waals surface area contributed by atoms with Gasteiger partial charge in [0.05, 0.1) is 5.92 Å². The first-order valence-corrected chi connectivity index (χ1v) is 11.0. The summed E-state index contributed by atoms with van der Waals surface area (Å²) in [5.74, 6) is 1.30. The molecule has 1 aliphatic heterocycles. The molecular weight excluding hydrogens is 383 g/mol. The minimum absolute atomic E-state index is 0.00960. The summed E-state index contributed by atoms with van der Waals surface area (Å²) in [5.41, 5.74) is 1.06. The molecule has 1 saturated heterocycles. The zero-order valence-corrected chi connectivity index (χ0v) is 17.3. The molecule has 2 aromatic rings. The number of rotatable bonds is 7. The summed E-state index contributed by atoms with van der Waals surface area (Å²) in [6.45, 7) is 6.72. The predicted molar refractivity (Wildman–Crippen MR) is 109 cm³/mol. The number of piperidine rings is 1. The van der Waals surface area contributed by atoms with E-state index < -0.39 is 0 Å². The minimum atomic E-state index is -0.224. The van der Waals surface area contributed by atoms with Crippen LogP contribution >= 0.6 is 23.1 Å². The topological polar surface area (TPSA) is 58.1 Å². The van der Waals surface area contributed by atoms with E-state index in [1.165, 1.54) is 23.5 Å². The van der Waals surface area contributed by atoms with Gasteiger partial charge in [-0.3, -0.25) is 9.69 Å². The quantitative estimate of drug-likeness (QED) is 0.547. The van der Waals surface area contributed by atoms with Gasteiger partial charge in [0.25, 0.3) is 0 Å². The van der Waals surface area contributed by atoms with Crippen molar-refractivity contribution in [2.24, 2.45) is 11.8 Å². The monoisotopic (exact) mass is 408 g/mol. The zero-order chi connectivity index (χ0) is 19.2. The van der Waals surface area contributed by atoms with Crippen molar-refractivity contribution in [3.8, 4) is 0 Å². The van der Waals surface area contributed by atoms with Gasteiger partial charge in [-0.05, 0) is 43.0 Å². The van der Waals surface area contributed by atoms with Gasteiger partial charge in [-0.15, -0.1) is 10.2 Å². The Morgan fingerprint density at radius 2 is 2.15 bits per heavy atom. The van der Waals surface area contributed by atoms with Crippen LogP contribution in [0, 0.1) is 17.7 Å². The van der Waals surface area contributed by atoms with Crippen LogP contribution in [0.15, 0.2) is 28.6 Å². The maximum absolute atomic E-state index is 13.1. The van der Waals surface area contributed by atoms with Crippen LogP contribution in [0.25, 0.3) is 0 Å². The SMILES string of the molecule is CC(C)CSc1nnc(NC(=O)C2CCCN(Cc3ccc(F)cc3)C2)s1. The highest BCUT2D eigenvalue weighted by Crippen LogP contribution is 2.28. The third-order valence-corrected chi connectivity index (χ3v) is 6.77. The Morgan fingerprint density at radius 3 is 2.89 bits per heavy atom. The van der Waals surface area contributed by atoms with Crippen LogP contribution in [0.1, 0.15) is 32.3 Å². The number of carbonyl (C=O) groups is 1. The molecule has 5 nitrogen and oxygen atoms in total. The number of nitrogens with zero attached hydrogens (tertiary/aromatic N) is 3. The van der Waals surface area contributed by atoms with Gasteiger partial charge in [0.2, 0.25) is 11.0 Å². The maximum Gasteiger partial charge on any atom is 0.230 e. The molecule has 1 atom stereocenters. The number of anilines is 1. The summed E-state index contributed by atoms with van der Waals surface area (Å²) in [6.07, 6.45) is 1.85. The van der Waals surface area contributed by atoms with E-state index in [0.717, 1.165) is 41.6 Å². The molecule has 1 aliphatic rings. The number of benzene rings is 1. The van der Waals surface area contributed by atoms with E-state index in [1.807, 2.05) is 0 Å². The molecule has 1 N–H and O–H groups in total. The third-order valence-electron chi connectivity index (χ3n) is 4.37. The maximum atomic E-state index is 13.1. The molecule has 0 bridgehead atoms. The van der Waals surface area contributed by atoms with Gasteiger partial charge in [-0.25, -0.2) is 4.39 Å². The van der Waals surface area contributed by atoms with Crippen LogP contribution in [-0.4, -0.2) is 39.8 Å². The number of hydrogen-bond acceptors (Lipinski definition) is 6. The fourth-order valence-corrected chi connectivity index (χ4v) is 4.76. The molecule has 1 amide bonds. The van der Waals surface area contributed by atoms with Gasteiger partial charge in [0, 0.05) is 18.8 Å². The lowest BCUT2D eigenvalue weighted by Crippen LogP contribution is -2.40. The van der Waals surface area contributed by atoms with E-state index in [4.69, 9.17) is 0 Å². The van der Waals surface area contributed by atoms with Crippen LogP contribution in [-0.2, 0) is 11.3 Å². The van der Waals surface area contributed by atoms with Crippen LogP contribution in [0.2, 0.25) is 0 Å². The Hall–Kier alpha value is -1.51. The molecule has 27 heavy (non-hydrogen) atoms. The molecule has 1 unspecified atom stereocenters. The molecule has 0 saturated carbocycles. The van der Waals surface area contributed by atoms with Crippen molar-refractivity contribution in [2.75, 3.05) is 24.2 Å². The largest absolute Gasteiger partial charge is 0.300 e. The van der Waals surface area contributed by atoms with Crippen LogP contribution in [0.3, 0.4) is 0 Å². The molecule has 0 radical (unpaired) electrons. The van der Waals surface area contributed by atoms with Crippen molar-refractivity contribution in [3.63, 3.8) is 0 Å². The van der Waals surface area contributed by atoms with Crippen LogP contribution in [0.5, 0.6) is 0 Å². The van der Waals surface area contributed by atoms with Crippen molar-refractivity contribution >= 4 is 34.1 Å². The van der Waals surface area contributed by atoms with Gasteiger partial charge in [-0.2, -0.15) is 0 Å². The first kappa shape index (κ1) is 20.2. The lowest BCUT2D eigenvalue weighted by atomic mass is 9.97. The zero-order valence-electron chi connectivity index (χ0n) is 15.7. The van der Waals surface area contributed by atoms with Crippen molar-refractivity contribution in [3.05, 3.63) is 35.6 Å². The molecule has 8 heteroatoms. The van der Waals surface area contributed by atoms with Gasteiger partial charge in [0.1, 0.15) is 5.82 Å². The number of halogens is 1. The second-order valence-electron chi connectivity index (χ2n) is 7.27. The van der Waals surface area contributed by atoms with Crippen molar-refractivity contribution in [1.82, 2.24) is 15.1 Å². The molecular formula is C19H25FN4OS2. The van der Waals surface area contributed by atoms with Gasteiger partial charge in [0.15, 0.2) is 4.34 Å². The standard InChI is InChI=1S/C19H25FN4OS2/c1-13(2)12-26-19-23-22-18(27-19)21-17(25)15-4-3-9-24(11-15)10-14-5-7-16(20)8-6-14/h5-8,13,15H,3-4,9-12H2,1-2H3,(H,21,22,25). The third kappa shape index (κ3) is 6.26. The fraction of sp³-hybridized carbons (Fsp3) is 0.526. The Kier molecular flexibility index (Phi) is 7.20. The Balaban J connectivity index is 1.51. The smallest absolute Gasteiger partial charge is 0.230 e. The number of thioether (sulfide) groups is 1. The Bertz CT molecular complexity index is 750. The summed E-state index contributed by atoms with van der Waals surface area (Å²) in [6, 6.07) is 6.56. The highest BCUT2D eigenvalue weighted by Gasteiger charge is 2.26. The van der Waals surface area contributed by atoms with E-state index in [9.17, 15) is 9.18 Å². The Labute approximate surface area is 167 Å². The number of nitrogens with one attached hydrogen (secondary N) is 1. The van der Waals surface area contributed by atoms with Crippen molar-refractivity contribution in [2.45, 2.75) is 37.6 Å². The van der Waals surface area contributed by atoms with Crippen molar-refractivity contribution < 1.29 is 9.18 Å². The Morgan fingerprint density at radius 1 is 1.37 bits per heavy atom. The van der Waals surface area contributed by atoms with Gasteiger partial charge < -0.3 is 5.32 Å². The molecule has 146 valence electrons. The summed E-state index contributed by atoms with van der Waals surface area (Å²) >= 11 is 3.10. The summed E-state index contributed by atoms with van der Waals surface area (Å²) in [4.78, 5) is 14.9.